The second-order valence-electron chi connectivity index (χ2n) is 5.07. The van der Waals surface area contributed by atoms with Crippen molar-refractivity contribution >= 4 is 5.96 Å². The summed E-state index contributed by atoms with van der Waals surface area (Å²) in [6, 6.07) is 13.6. The van der Waals surface area contributed by atoms with Crippen LogP contribution in [0.25, 0.3) is 0 Å². The molecular formula is C18H25N3O3. The molecule has 0 aliphatic carbocycles. The number of aliphatic imine (C=N–C) groups is 1. The molecule has 2 rings (SSSR count). The zero-order chi connectivity index (χ0) is 16.9. The smallest absolute Gasteiger partial charge is 0.191 e. The third-order valence-corrected chi connectivity index (χ3v) is 3.22. The van der Waals surface area contributed by atoms with Gasteiger partial charge in [-0.3, -0.25) is 4.99 Å². The van der Waals surface area contributed by atoms with Crippen molar-refractivity contribution in [3.8, 4) is 5.75 Å². The van der Waals surface area contributed by atoms with Crippen molar-refractivity contribution in [2.45, 2.75) is 6.42 Å². The molecule has 24 heavy (non-hydrogen) atoms. The van der Waals surface area contributed by atoms with Crippen LogP contribution in [-0.2, 0) is 11.2 Å². The van der Waals surface area contributed by atoms with Gasteiger partial charge in [-0.15, -0.1) is 0 Å². The Balaban J connectivity index is 1.70. The van der Waals surface area contributed by atoms with Gasteiger partial charge in [0.05, 0.1) is 26.0 Å². The molecule has 0 spiro atoms. The third-order valence-electron chi connectivity index (χ3n) is 3.22. The van der Waals surface area contributed by atoms with E-state index in [0.29, 0.717) is 26.3 Å². The minimum atomic E-state index is 0.563. The quantitative estimate of drug-likeness (QED) is 0.396. The van der Waals surface area contributed by atoms with E-state index in [2.05, 4.69) is 15.6 Å². The lowest BCUT2D eigenvalue weighted by Gasteiger charge is -2.13. The number of hydrogen-bond acceptors (Lipinski definition) is 4. The van der Waals surface area contributed by atoms with Gasteiger partial charge >= 0.3 is 0 Å². The molecule has 0 radical (unpaired) electrons. The van der Waals surface area contributed by atoms with Gasteiger partial charge in [-0.1, -0.05) is 18.2 Å². The molecule has 0 atom stereocenters. The fraction of sp³-hybridized carbons (Fsp3) is 0.389. The summed E-state index contributed by atoms with van der Waals surface area (Å²) in [5.41, 5.74) is 0. The van der Waals surface area contributed by atoms with Crippen molar-refractivity contribution in [1.82, 2.24) is 10.6 Å². The molecule has 1 heterocycles. The average Bonchev–Trinajstić information content (AvgIpc) is 3.13. The molecule has 0 amide bonds. The van der Waals surface area contributed by atoms with Crippen molar-refractivity contribution in [3.63, 3.8) is 0 Å². The molecular weight excluding hydrogens is 306 g/mol. The highest BCUT2D eigenvalue weighted by atomic mass is 16.5. The Morgan fingerprint density at radius 3 is 2.62 bits per heavy atom. The number of furan rings is 1. The lowest BCUT2D eigenvalue weighted by molar-refractivity contribution is 0.208. The molecule has 2 N–H and O–H groups in total. The Labute approximate surface area is 142 Å². The second-order valence-corrected chi connectivity index (χ2v) is 5.07. The molecule has 0 aliphatic heterocycles. The summed E-state index contributed by atoms with van der Waals surface area (Å²) >= 11 is 0. The molecule has 130 valence electrons. The van der Waals surface area contributed by atoms with E-state index >= 15 is 0 Å². The van der Waals surface area contributed by atoms with E-state index in [9.17, 15) is 0 Å². The van der Waals surface area contributed by atoms with E-state index in [1.54, 1.807) is 13.4 Å². The summed E-state index contributed by atoms with van der Waals surface area (Å²) in [6.45, 7) is 3.16. The van der Waals surface area contributed by atoms with Gasteiger partial charge in [0, 0.05) is 20.1 Å². The minimum Gasteiger partial charge on any atom is -0.492 e. The molecule has 1 aromatic carbocycles. The molecule has 0 saturated heterocycles. The Bertz CT molecular complexity index is 570. The highest BCUT2D eigenvalue weighted by Gasteiger charge is 2.00. The number of methoxy groups -OCH3 is 1. The summed E-state index contributed by atoms with van der Waals surface area (Å²) in [5.74, 6) is 2.56. The number of ether oxygens (including phenoxy) is 2. The Hall–Kier alpha value is -2.47. The SMILES string of the molecule is COCCN=C(NCCOc1ccccc1)NCCc1ccco1. The Morgan fingerprint density at radius 1 is 1.04 bits per heavy atom. The van der Waals surface area contributed by atoms with Gasteiger partial charge in [0.2, 0.25) is 0 Å². The molecule has 0 bridgehead atoms. The first-order valence-electron chi connectivity index (χ1n) is 8.10. The van der Waals surface area contributed by atoms with Gasteiger partial charge in [-0.2, -0.15) is 0 Å². The monoisotopic (exact) mass is 331 g/mol. The van der Waals surface area contributed by atoms with Gasteiger partial charge in [-0.25, -0.2) is 0 Å². The number of nitrogens with one attached hydrogen (secondary N) is 2. The first-order chi connectivity index (χ1) is 11.9. The van der Waals surface area contributed by atoms with Crippen molar-refractivity contribution in [3.05, 3.63) is 54.5 Å². The van der Waals surface area contributed by atoms with Crippen molar-refractivity contribution in [2.24, 2.45) is 4.99 Å². The first-order valence-corrected chi connectivity index (χ1v) is 8.10. The number of para-hydroxylation sites is 1. The first kappa shape index (κ1) is 17.9. The van der Waals surface area contributed by atoms with E-state index < -0.39 is 0 Å². The van der Waals surface area contributed by atoms with Crippen molar-refractivity contribution in [1.29, 1.82) is 0 Å². The molecule has 2 aromatic rings. The lowest BCUT2D eigenvalue weighted by Crippen LogP contribution is -2.40. The normalized spacial score (nSPS) is 11.3. The van der Waals surface area contributed by atoms with Crippen LogP contribution in [0.5, 0.6) is 5.75 Å². The van der Waals surface area contributed by atoms with E-state index in [0.717, 1.165) is 30.4 Å². The van der Waals surface area contributed by atoms with Crippen molar-refractivity contribution in [2.75, 3.05) is 40.0 Å². The van der Waals surface area contributed by atoms with Crippen molar-refractivity contribution < 1.29 is 13.9 Å². The van der Waals surface area contributed by atoms with E-state index in [-0.39, 0.29) is 0 Å². The predicted molar refractivity (Wildman–Crippen MR) is 94.5 cm³/mol. The molecule has 6 heteroatoms. The number of hydrogen-bond donors (Lipinski definition) is 2. The third kappa shape index (κ3) is 7.19. The minimum absolute atomic E-state index is 0.563. The van der Waals surface area contributed by atoms with Crippen LogP contribution in [0.2, 0.25) is 0 Å². The van der Waals surface area contributed by atoms with Crippen LogP contribution in [0, 0.1) is 0 Å². The molecule has 1 aromatic heterocycles. The largest absolute Gasteiger partial charge is 0.492 e. The maximum atomic E-state index is 5.66. The summed E-state index contributed by atoms with van der Waals surface area (Å²) in [7, 11) is 1.67. The maximum Gasteiger partial charge on any atom is 0.191 e. The zero-order valence-electron chi connectivity index (χ0n) is 14.0. The number of guanidine groups is 1. The summed E-state index contributed by atoms with van der Waals surface area (Å²) in [4.78, 5) is 4.46. The van der Waals surface area contributed by atoms with Gasteiger partial charge < -0.3 is 24.5 Å². The molecule has 0 saturated carbocycles. The van der Waals surface area contributed by atoms with Gasteiger partial charge in [0.25, 0.3) is 0 Å². The molecule has 6 nitrogen and oxygen atoms in total. The summed E-state index contributed by atoms with van der Waals surface area (Å²) < 4.78 is 16.0. The standard InChI is InChI=1S/C18H25N3O3/c1-22-14-11-20-18(19-10-9-17-8-5-13-23-17)21-12-15-24-16-6-3-2-4-7-16/h2-8,13H,9-12,14-15H2,1H3,(H2,19,20,21). The molecule has 0 fully saturated rings. The van der Waals surface area contributed by atoms with Crippen LogP contribution in [0.1, 0.15) is 5.76 Å². The van der Waals surface area contributed by atoms with Gasteiger partial charge in [-0.05, 0) is 24.3 Å². The van der Waals surface area contributed by atoms with Crippen LogP contribution in [0.3, 0.4) is 0 Å². The van der Waals surface area contributed by atoms with Crippen LogP contribution >= 0.6 is 0 Å². The van der Waals surface area contributed by atoms with E-state index in [4.69, 9.17) is 13.9 Å². The highest BCUT2D eigenvalue weighted by molar-refractivity contribution is 5.79. The van der Waals surface area contributed by atoms with Crippen LogP contribution in [0.15, 0.2) is 58.1 Å². The lowest BCUT2D eigenvalue weighted by atomic mass is 10.3. The average molecular weight is 331 g/mol. The highest BCUT2D eigenvalue weighted by Crippen LogP contribution is 2.07. The Morgan fingerprint density at radius 2 is 1.88 bits per heavy atom. The number of benzene rings is 1. The summed E-state index contributed by atoms with van der Waals surface area (Å²) in [6.07, 6.45) is 2.49. The zero-order valence-corrected chi connectivity index (χ0v) is 14.0. The second kappa shape index (κ2) is 11.1. The molecule has 0 aliphatic rings. The topological polar surface area (TPSA) is 68.0 Å². The van der Waals surface area contributed by atoms with Crippen LogP contribution in [-0.4, -0.2) is 45.9 Å². The van der Waals surface area contributed by atoms with E-state index in [1.807, 2.05) is 42.5 Å². The van der Waals surface area contributed by atoms with Gasteiger partial charge in [0.1, 0.15) is 18.1 Å². The maximum absolute atomic E-state index is 5.66. The Kier molecular flexibility index (Phi) is 8.29. The fourth-order valence-corrected chi connectivity index (χ4v) is 2.04. The number of rotatable bonds is 10. The predicted octanol–water partition coefficient (Wildman–Crippen LogP) is 2.08. The van der Waals surface area contributed by atoms with Crippen LogP contribution in [0.4, 0.5) is 0 Å². The van der Waals surface area contributed by atoms with Crippen LogP contribution < -0.4 is 15.4 Å². The fourth-order valence-electron chi connectivity index (χ4n) is 2.04. The number of nitrogens with zero attached hydrogens (tertiary/aromatic N) is 1. The van der Waals surface area contributed by atoms with E-state index in [1.165, 1.54) is 0 Å². The molecule has 0 unspecified atom stereocenters. The van der Waals surface area contributed by atoms with Gasteiger partial charge in [0.15, 0.2) is 5.96 Å². The summed E-state index contributed by atoms with van der Waals surface area (Å²) in [5, 5.41) is 6.54.